The normalized spacial score (nSPS) is 16.4. The molecule has 1 nitrogen and oxygen atoms in total. The van der Waals surface area contributed by atoms with E-state index in [1.54, 1.807) is 12.1 Å². The molecule has 128 valence electrons. The molecule has 1 fully saturated rings. The molecule has 1 saturated heterocycles. The second kappa shape index (κ2) is 8.77. The number of hydrogen-bond donors (Lipinski definition) is 0. The third-order valence-electron chi connectivity index (χ3n) is 5.03. The summed E-state index contributed by atoms with van der Waals surface area (Å²) in [6.45, 7) is 3.60. The summed E-state index contributed by atoms with van der Waals surface area (Å²) in [6, 6.07) is 15.7. The summed E-state index contributed by atoms with van der Waals surface area (Å²) in [5.41, 5.74) is 2.72. The van der Waals surface area contributed by atoms with Crippen LogP contribution in [-0.2, 0) is 6.42 Å². The molecule has 0 aromatic heterocycles. The number of halogens is 2. The Morgan fingerprint density at radius 1 is 0.917 bits per heavy atom. The third kappa shape index (κ3) is 5.15. The summed E-state index contributed by atoms with van der Waals surface area (Å²) in [6.07, 6.45) is 5.98. The molecule has 24 heavy (non-hydrogen) atoms. The Kier molecular flexibility index (Phi) is 6.44. The predicted molar refractivity (Wildman–Crippen MR) is 102 cm³/mol. The first-order valence-corrected chi connectivity index (χ1v) is 9.72. The summed E-state index contributed by atoms with van der Waals surface area (Å²) in [5, 5.41) is 0. The lowest BCUT2D eigenvalue weighted by Gasteiger charge is -2.32. The van der Waals surface area contributed by atoms with E-state index in [1.807, 2.05) is 12.1 Å². The highest BCUT2D eigenvalue weighted by molar-refractivity contribution is 9.10. The van der Waals surface area contributed by atoms with Crippen molar-refractivity contribution >= 4 is 15.9 Å². The van der Waals surface area contributed by atoms with Crippen molar-refractivity contribution in [3.63, 3.8) is 0 Å². The highest BCUT2D eigenvalue weighted by Crippen LogP contribution is 2.29. The van der Waals surface area contributed by atoms with E-state index in [0.29, 0.717) is 5.92 Å². The summed E-state index contributed by atoms with van der Waals surface area (Å²) in [5.74, 6) is 0.570. The van der Waals surface area contributed by atoms with Gasteiger partial charge in [-0.25, -0.2) is 4.39 Å². The van der Waals surface area contributed by atoms with Gasteiger partial charge >= 0.3 is 0 Å². The zero-order chi connectivity index (χ0) is 16.8. The maximum atomic E-state index is 12.9. The molecule has 0 amide bonds. The van der Waals surface area contributed by atoms with Crippen LogP contribution in [0.2, 0.25) is 0 Å². The molecule has 0 aliphatic carbocycles. The van der Waals surface area contributed by atoms with E-state index in [9.17, 15) is 4.39 Å². The van der Waals surface area contributed by atoms with Crippen LogP contribution < -0.4 is 0 Å². The molecule has 3 heteroatoms. The van der Waals surface area contributed by atoms with Crippen LogP contribution in [0.4, 0.5) is 4.39 Å². The van der Waals surface area contributed by atoms with Crippen molar-refractivity contribution in [3.8, 4) is 0 Å². The molecule has 2 aromatic carbocycles. The van der Waals surface area contributed by atoms with E-state index in [1.165, 1.54) is 56.4 Å². The van der Waals surface area contributed by atoms with Crippen molar-refractivity contribution in [2.24, 2.45) is 0 Å². The molecule has 0 atom stereocenters. The van der Waals surface area contributed by atoms with Crippen LogP contribution in [0.3, 0.4) is 0 Å². The molecule has 3 rings (SSSR count). The van der Waals surface area contributed by atoms with Crippen LogP contribution in [0, 0.1) is 5.82 Å². The van der Waals surface area contributed by atoms with Crippen molar-refractivity contribution in [1.29, 1.82) is 0 Å². The molecule has 0 bridgehead atoms. The van der Waals surface area contributed by atoms with E-state index in [4.69, 9.17) is 0 Å². The molecular weight excluding hydrogens is 365 g/mol. The Bertz CT molecular complexity index is 615. The molecule has 0 saturated carbocycles. The van der Waals surface area contributed by atoms with Gasteiger partial charge in [-0.2, -0.15) is 0 Å². The number of nitrogens with zero attached hydrogens (tertiary/aromatic N) is 1. The number of rotatable bonds is 6. The first kappa shape index (κ1) is 17.6. The van der Waals surface area contributed by atoms with Gasteiger partial charge in [0.15, 0.2) is 0 Å². The molecule has 0 radical (unpaired) electrons. The Morgan fingerprint density at radius 3 is 2.25 bits per heavy atom. The molecular formula is C21H25BrFN. The smallest absolute Gasteiger partial charge is 0.123 e. The zero-order valence-corrected chi connectivity index (χ0v) is 15.6. The van der Waals surface area contributed by atoms with Gasteiger partial charge in [-0.05, 0) is 93.0 Å². The fourth-order valence-corrected chi connectivity index (χ4v) is 3.80. The second-order valence-electron chi connectivity index (χ2n) is 6.75. The molecule has 1 heterocycles. The lowest BCUT2D eigenvalue weighted by Crippen LogP contribution is -2.33. The van der Waals surface area contributed by atoms with Gasteiger partial charge < -0.3 is 4.90 Å². The predicted octanol–water partition coefficient (Wildman–Crippen LogP) is 5.79. The summed E-state index contributed by atoms with van der Waals surface area (Å²) in [4.78, 5) is 2.60. The minimum atomic E-state index is -0.146. The highest BCUT2D eigenvalue weighted by atomic mass is 79.9. The second-order valence-corrected chi connectivity index (χ2v) is 7.67. The van der Waals surface area contributed by atoms with Gasteiger partial charge in [0.25, 0.3) is 0 Å². The maximum absolute atomic E-state index is 12.9. The standard InChI is InChI=1S/C21H25BrFN/c22-20-8-6-18(7-9-20)19-12-15-24(16-13-19)14-2-1-3-17-4-10-21(23)11-5-17/h4-11,19H,1-3,12-16H2. The highest BCUT2D eigenvalue weighted by Gasteiger charge is 2.19. The SMILES string of the molecule is Fc1ccc(CCCCN2CCC(c3ccc(Br)cc3)CC2)cc1. The Labute approximate surface area is 153 Å². The van der Waals surface area contributed by atoms with Gasteiger partial charge in [-0.1, -0.05) is 40.2 Å². The minimum absolute atomic E-state index is 0.146. The van der Waals surface area contributed by atoms with Crippen molar-refractivity contribution in [2.75, 3.05) is 19.6 Å². The van der Waals surface area contributed by atoms with Crippen LogP contribution in [0.25, 0.3) is 0 Å². The lowest BCUT2D eigenvalue weighted by atomic mass is 9.89. The van der Waals surface area contributed by atoms with Gasteiger partial charge in [0.1, 0.15) is 5.82 Å². The zero-order valence-electron chi connectivity index (χ0n) is 14.1. The largest absolute Gasteiger partial charge is 0.303 e. The maximum Gasteiger partial charge on any atom is 0.123 e. The molecule has 0 unspecified atom stereocenters. The van der Waals surface area contributed by atoms with E-state index in [2.05, 4.69) is 45.1 Å². The lowest BCUT2D eigenvalue weighted by molar-refractivity contribution is 0.209. The van der Waals surface area contributed by atoms with Crippen molar-refractivity contribution in [3.05, 3.63) is 69.9 Å². The molecule has 1 aliphatic heterocycles. The van der Waals surface area contributed by atoms with E-state index >= 15 is 0 Å². The summed E-state index contributed by atoms with van der Waals surface area (Å²) < 4.78 is 14.0. The monoisotopic (exact) mass is 389 g/mol. The quantitative estimate of drug-likeness (QED) is 0.565. The van der Waals surface area contributed by atoms with E-state index < -0.39 is 0 Å². The number of aryl methyl sites for hydroxylation is 1. The third-order valence-corrected chi connectivity index (χ3v) is 5.56. The molecule has 2 aromatic rings. The van der Waals surface area contributed by atoms with Crippen molar-refractivity contribution in [1.82, 2.24) is 4.90 Å². The van der Waals surface area contributed by atoms with Gasteiger partial charge in [-0.3, -0.25) is 0 Å². The van der Waals surface area contributed by atoms with E-state index in [-0.39, 0.29) is 5.82 Å². The Morgan fingerprint density at radius 2 is 1.58 bits per heavy atom. The molecule has 0 N–H and O–H groups in total. The van der Waals surface area contributed by atoms with Crippen molar-refractivity contribution in [2.45, 2.75) is 38.0 Å². The van der Waals surface area contributed by atoms with Crippen LogP contribution in [0.1, 0.15) is 42.7 Å². The van der Waals surface area contributed by atoms with Crippen LogP contribution in [0.5, 0.6) is 0 Å². The topological polar surface area (TPSA) is 3.24 Å². The summed E-state index contributed by atoms with van der Waals surface area (Å²) in [7, 11) is 0. The van der Waals surface area contributed by atoms with E-state index in [0.717, 1.165) is 10.9 Å². The van der Waals surface area contributed by atoms with Crippen LogP contribution >= 0.6 is 15.9 Å². The van der Waals surface area contributed by atoms with Crippen LogP contribution in [-0.4, -0.2) is 24.5 Å². The number of piperidine rings is 1. The average Bonchev–Trinajstić information content (AvgIpc) is 2.62. The number of unbranched alkanes of at least 4 members (excludes halogenated alkanes) is 1. The van der Waals surface area contributed by atoms with Crippen molar-refractivity contribution < 1.29 is 4.39 Å². The van der Waals surface area contributed by atoms with Gasteiger partial charge in [0.05, 0.1) is 0 Å². The Balaban J connectivity index is 1.35. The van der Waals surface area contributed by atoms with Crippen LogP contribution in [0.15, 0.2) is 53.0 Å². The molecule has 0 spiro atoms. The fraction of sp³-hybridized carbons (Fsp3) is 0.429. The fourth-order valence-electron chi connectivity index (χ4n) is 3.54. The van der Waals surface area contributed by atoms with Gasteiger partial charge in [0, 0.05) is 4.47 Å². The average molecular weight is 390 g/mol. The molecule has 1 aliphatic rings. The van der Waals surface area contributed by atoms with Gasteiger partial charge in [-0.15, -0.1) is 0 Å². The van der Waals surface area contributed by atoms with Gasteiger partial charge in [0.2, 0.25) is 0 Å². The summed E-state index contributed by atoms with van der Waals surface area (Å²) >= 11 is 3.51. The minimum Gasteiger partial charge on any atom is -0.303 e. The first-order valence-electron chi connectivity index (χ1n) is 8.93. The number of hydrogen-bond acceptors (Lipinski definition) is 1. The number of benzene rings is 2. The Hall–Kier alpha value is -1.19. The number of likely N-dealkylation sites (tertiary alicyclic amines) is 1. The first-order chi connectivity index (χ1) is 11.7.